The van der Waals surface area contributed by atoms with Crippen LogP contribution in [-0.2, 0) is 0 Å². The summed E-state index contributed by atoms with van der Waals surface area (Å²) in [5, 5.41) is 12.8. The molecule has 10 aromatic rings. The van der Waals surface area contributed by atoms with E-state index in [4.69, 9.17) is 0 Å². The molecule has 1 aromatic heterocycles. The van der Waals surface area contributed by atoms with Gasteiger partial charge in [0.05, 0.1) is 16.1 Å². The van der Waals surface area contributed by atoms with E-state index in [0.717, 1.165) is 5.69 Å². The van der Waals surface area contributed by atoms with Gasteiger partial charge in [0.1, 0.15) is 0 Å². The SMILES string of the molecule is c1ccc(N(c2ccc(-c3cc4ccccc4c4ccccc34)c3ccccc23)c2cccc3c2sc2c4ccccc4ccc32)cc1. The second-order valence-corrected chi connectivity index (χ2v) is 13.5. The molecule has 0 amide bonds. The Kier molecular flexibility index (Phi) is 6.12. The molecule has 48 heavy (non-hydrogen) atoms. The van der Waals surface area contributed by atoms with E-state index in [1.54, 1.807) is 0 Å². The third-order valence-corrected chi connectivity index (χ3v) is 11.1. The molecule has 0 fully saturated rings. The molecule has 0 saturated carbocycles. The van der Waals surface area contributed by atoms with Crippen LogP contribution in [0.15, 0.2) is 176 Å². The highest BCUT2D eigenvalue weighted by Gasteiger charge is 2.22. The lowest BCUT2D eigenvalue weighted by atomic mass is 9.90. The highest BCUT2D eigenvalue weighted by atomic mass is 32.1. The van der Waals surface area contributed by atoms with Crippen molar-refractivity contribution < 1.29 is 0 Å². The van der Waals surface area contributed by atoms with E-state index in [0.29, 0.717) is 0 Å². The maximum absolute atomic E-state index is 2.46. The number of hydrogen-bond donors (Lipinski definition) is 0. The molecule has 2 heteroatoms. The summed E-state index contributed by atoms with van der Waals surface area (Å²) in [4.78, 5) is 2.46. The lowest BCUT2D eigenvalue weighted by molar-refractivity contribution is 1.32. The fourth-order valence-electron chi connectivity index (χ4n) is 7.66. The molecule has 1 nitrogen and oxygen atoms in total. The number of nitrogens with zero attached hydrogens (tertiary/aromatic N) is 1. The Bertz CT molecular complexity index is 2850. The van der Waals surface area contributed by atoms with Crippen molar-refractivity contribution in [1.29, 1.82) is 0 Å². The third-order valence-electron chi connectivity index (χ3n) is 9.82. The Labute approximate surface area is 282 Å². The third kappa shape index (κ3) is 4.10. The first-order chi connectivity index (χ1) is 23.8. The van der Waals surface area contributed by atoms with E-state index < -0.39 is 0 Å². The summed E-state index contributed by atoms with van der Waals surface area (Å²) in [5.41, 5.74) is 6.01. The molecular weight excluding hydrogens is 599 g/mol. The molecule has 0 unspecified atom stereocenters. The Morgan fingerprint density at radius 2 is 0.917 bits per heavy atom. The number of benzene rings is 9. The van der Waals surface area contributed by atoms with E-state index in [9.17, 15) is 0 Å². The first-order valence-corrected chi connectivity index (χ1v) is 17.3. The lowest BCUT2D eigenvalue weighted by Gasteiger charge is -2.28. The number of para-hydroxylation sites is 1. The Morgan fingerprint density at radius 1 is 0.312 bits per heavy atom. The summed E-state index contributed by atoms with van der Waals surface area (Å²) in [6.07, 6.45) is 0. The smallest absolute Gasteiger partial charge is 0.0640 e. The molecule has 224 valence electrons. The molecule has 1 heterocycles. The monoisotopic (exact) mass is 627 g/mol. The summed E-state index contributed by atoms with van der Waals surface area (Å²) in [6.45, 7) is 0. The molecule has 0 aliphatic rings. The van der Waals surface area contributed by atoms with Gasteiger partial charge in [-0.1, -0.05) is 146 Å². The van der Waals surface area contributed by atoms with E-state index in [2.05, 4.69) is 181 Å². The molecule has 0 atom stereocenters. The van der Waals surface area contributed by atoms with Crippen LogP contribution in [0.5, 0.6) is 0 Å². The molecule has 0 spiro atoms. The van der Waals surface area contributed by atoms with Crippen molar-refractivity contribution in [1.82, 2.24) is 0 Å². The zero-order chi connectivity index (χ0) is 31.6. The summed E-state index contributed by atoms with van der Waals surface area (Å²) >= 11 is 1.90. The van der Waals surface area contributed by atoms with Gasteiger partial charge in [-0.25, -0.2) is 0 Å². The molecular formula is C46H29NS. The summed E-state index contributed by atoms with van der Waals surface area (Å²) in [5.74, 6) is 0. The first kappa shape index (κ1) is 27.2. The normalized spacial score (nSPS) is 11.8. The van der Waals surface area contributed by atoms with E-state index in [1.807, 2.05) is 11.3 Å². The van der Waals surface area contributed by atoms with Crippen molar-refractivity contribution in [2.75, 3.05) is 4.90 Å². The second kappa shape index (κ2) is 10.8. The van der Waals surface area contributed by atoms with Crippen LogP contribution in [0.25, 0.3) is 74.4 Å². The summed E-state index contributed by atoms with van der Waals surface area (Å²) < 4.78 is 2.63. The Balaban J connectivity index is 1.26. The quantitative estimate of drug-likeness (QED) is 0.176. The minimum atomic E-state index is 1.14. The van der Waals surface area contributed by atoms with Crippen LogP contribution in [0.2, 0.25) is 0 Å². The number of rotatable bonds is 4. The molecule has 0 bridgehead atoms. The van der Waals surface area contributed by atoms with Crippen molar-refractivity contribution in [3.63, 3.8) is 0 Å². The largest absolute Gasteiger partial charge is 0.308 e. The predicted molar refractivity (Wildman–Crippen MR) is 209 cm³/mol. The van der Waals surface area contributed by atoms with Crippen LogP contribution in [0.1, 0.15) is 0 Å². The van der Waals surface area contributed by atoms with Gasteiger partial charge in [0, 0.05) is 26.5 Å². The number of hydrogen-bond acceptors (Lipinski definition) is 2. The van der Waals surface area contributed by atoms with Gasteiger partial charge in [-0.05, 0) is 79.2 Å². The van der Waals surface area contributed by atoms with Crippen LogP contribution in [0.3, 0.4) is 0 Å². The maximum Gasteiger partial charge on any atom is 0.0640 e. The van der Waals surface area contributed by atoms with Crippen molar-refractivity contribution >= 4 is 91.7 Å². The molecule has 0 radical (unpaired) electrons. The van der Waals surface area contributed by atoms with Gasteiger partial charge in [0.2, 0.25) is 0 Å². The van der Waals surface area contributed by atoms with Gasteiger partial charge >= 0.3 is 0 Å². The average Bonchev–Trinajstić information content (AvgIpc) is 3.55. The Hall–Kier alpha value is -5.96. The highest BCUT2D eigenvalue weighted by Crippen LogP contribution is 2.49. The van der Waals surface area contributed by atoms with Crippen molar-refractivity contribution in [2.45, 2.75) is 0 Å². The van der Waals surface area contributed by atoms with Crippen LogP contribution < -0.4 is 4.90 Å². The lowest BCUT2D eigenvalue weighted by Crippen LogP contribution is -2.10. The molecule has 0 aliphatic carbocycles. The molecule has 0 aliphatic heterocycles. The number of thiophene rings is 1. The van der Waals surface area contributed by atoms with Gasteiger partial charge in [0.25, 0.3) is 0 Å². The van der Waals surface area contributed by atoms with Crippen LogP contribution in [0, 0.1) is 0 Å². The van der Waals surface area contributed by atoms with Crippen molar-refractivity contribution in [2.24, 2.45) is 0 Å². The van der Waals surface area contributed by atoms with Crippen LogP contribution in [-0.4, -0.2) is 0 Å². The maximum atomic E-state index is 2.46. The molecule has 0 saturated heterocycles. The minimum absolute atomic E-state index is 1.14. The predicted octanol–water partition coefficient (Wildman–Crippen LogP) is 13.8. The van der Waals surface area contributed by atoms with Gasteiger partial charge in [0.15, 0.2) is 0 Å². The fraction of sp³-hybridized carbons (Fsp3) is 0. The highest BCUT2D eigenvalue weighted by molar-refractivity contribution is 7.27. The van der Waals surface area contributed by atoms with Crippen LogP contribution >= 0.6 is 11.3 Å². The average molecular weight is 628 g/mol. The van der Waals surface area contributed by atoms with Gasteiger partial charge in [-0.2, -0.15) is 0 Å². The van der Waals surface area contributed by atoms with Gasteiger partial charge in [-0.15, -0.1) is 11.3 Å². The number of anilines is 3. The zero-order valence-electron chi connectivity index (χ0n) is 26.1. The number of fused-ring (bicyclic) bond motifs is 9. The standard InChI is InChI=1S/C46H29NS/c1-2-15-32(16-3-1)47(44-24-12-23-40-41-26-25-30-13-4-7-18-34(30)45(41)48-46(40)44)43-28-27-38(36-20-10-11-22-39(36)43)42-29-31-14-5-6-17-33(31)35-19-8-9-21-37(35)42/h1-29H. The van der Waals surface area contributed by atoms with Gasteiger partial charge < -0.3 is 4.90 Å². The Morgan fingerprint density at radius 3 is 1.73 bits per heavy atom. The second-order valence-electron chi connectivity index (χ2n) is 12.5. The van der Waals surface area contributed by atoms with Crippen molar-refractivity contribution in [3.8, 4) is 11.1 Å². The minimum Gasteiger partial charge on any atom is -0.308 e. The van der Waals surface area contributed by atoms with E-state index in [1.165, 1.54) is 85.8 Å². The zero-order valence-corrected chi connectivity index (χ0v) is 26.9. The molecule has 10 rings (SSSR count). The molecule has 9 aromatic carbocycles. The fourth-order valence-corrected chi connectivity index (χ4v) is 9.00. The summed E-state index contributed by atoms with van der Waals surface area (Å²) in [6, 6.07) is 64.4. The van der Waals surface area contributed by atoms with Crippen molar-refractivity contribution in [3.05, 3.63) is 176 Å². The van der Waals surface area contributed by atoms with E-state index in [-0.39, 0.29) is 0 Å². The first-order valence-electron chi connectivity index (χ1n) is 16.4. The van der Waals surface area contributed by atoms with Crippen LogP contribution in [0.4, 0.5) is 17.1 Å². The van der Waals surface area contributed by atoms with Gasteiger partial charge in [-0.3, -0.25) is 0 Å². The summed E-state index contributed by atoms with van der Waals surface area (Å²) in [7, 11) is 0. The topological polar surface area (TPSA) is 3.24 Å². The van der Waals surface area contributed by atoms with E-state index >= 15 is 0 Å². The molecule has 0 N–H and O–H groups in total.